The monoisotopic (exact) mass is 356 g/mol. The predicted molar refractivity (Wildman–Crippen MR) is 102 cm³/mol. The Kier molecular flexibility index (Phi) is 5.71. The Bertz CT molecular complexity index is 738. The molecule has 6 heteroatoms. The molecule has 1 amide bonds. The van der Waals surface area contributed by atoms with Gasteiger partial charge in [-0.25, -0.2) is 4.39 Å². The van der Waals surface area contributed by atoms with Crippen LogP contribution in [0.3, 0.4) is 0 Å². The molecule has 1 aromatic carbocycles. The van der Waals surface area contributed by atoms with Gasteiger partial charge < -0.3 is 14.7 Å². The summed E-state index contributed by atoms with van der Waals surface area (Å²) in [7, 11) is 0. The second kappa shape index (κ2) is 8.17. The number of rotatable bonds is 5. The molecular formula is C20H25FN4O. The first-order valence-electron chi connectivity index (χ1n) is 9.13. The molecule has 0 bridgehead atoms. The zero-order valence-corrected chi connectivity index (χ0v) is 15.4. The van der Waals surface area contributed by atoms with Crippen molar-refractivity contribution >= 4 is 17.3 Å². The van der Waals surface area contributed by atoms with Crippen LogP contribution in [0.5, 0.6) is 0 Å². The van der Waals surface area contributed by atoms with Crippen molar-refractivity contribution < 1.29 is 9.18 Å². The fourth-order valence-corrected chi connectivity index (χ4v) is 3.30. The van der Waals surface area contributed by atoms with E-state index in [-0.39, 0.29) is 11.7 Å². The van der Waals surface area contributed by atoms with Crippen LogP contribution in [0.15, 0.2) is 42.6 Å². The zero-order chi connectivity index (χ0) is 18.5. The summed E-state index contributed by atoms with van der Waals surface area (Å²) in [6, 6.07) is 10.3. The van der Waals surface area contributed by atoms with Crippen LogP contribution in [-0.2, 0) is 0 Å². The van der Waals surface area contributed by atoms with E-state index < -0.39 is 0 Å². The number of benzene rings is 1. The Hall–Kier alpha value is -2.63. The molecule has 0 N–H and O–H groups in total. The molecule has 26 heavy (non-hydrogen) atoms. The number of hydrogen-bond donors (Lipinski definition) is 0. The van der Waals surface area contributed by atoms with Crippen LogP contribution in [0.1, 0.15) is 24.3 Å². The van der Waals surface area contributed by atoms with Gasteiger partial charge in [-0.1, -0.05) is 0 Å². The molecule has 1 aliphatic rings. The van der Waals surface area contributed by atoms with Crippen LogP contribution in [-0.4, -0.2) is 55.1 Å². The average molecular weight is 356 g/mol. The van der Waals surface area contributed by atoms with Gasteiger partial charge in [-0.2, -0.15) is 0 Å². The summed E-state index contributed by atoms with van der Waals surface area (Å²) in [6.45, 7) is 8.70. The third-order valence-electron chi connectivity index (χ3n) is 4.85. The van der Waals surface area contributed by atoms with Crippen molar-refractivity contribution in [1.29, 1.82) is 0 Å². The highest BCUT2D eigenvalue weighted by molar-refractivity contribution is 5.93. The fraction of sp³-hybridized carbons (Fsp3) is 0.400. The lowest BCUT2D eigenvalue weighted by Crippen LogP contribution is -2.49. The minimum absolute atomic E-state index is 0.0298. The van der Waals surface area contributed by atoms with Crippen LogP contribution >= 0.6 is 0 Å². The van der Waals surface area contributed by atoms with Gasteiger partial charge in [-0.15, -0.1) is 0 Å². The largest absolute Gasteiger partial charge is 0.372 e. The highest BCUT2D eigenvalue weighted by Gasteiger charge is 2.23. The van der Waals surface area contributed by atoms with Gasteiger partial charge in [-0.05, 0) is 50.2 Å². The SMILES string of the molecule is CCN(CC)c1ccnc(C(=O)N2CCN(c3ccc(F)cc3)CC2)c1. The number of aromatic nitrogens is 1. The molecule has 0 radical (unpaired) electrons. The molecule has 5 nitrogen and oxygen atoms in total. The number of anilines is 2. The molecule has 3 rings (SSSR count). The summed E-state index contributed by atoms with van der Waals surface area (Å²) in [5.41, 5.74) is 2.50. The Balaban J connectivity index is 1.65. The average Bonchev–Trinajstić information content (AvgIpc) is 2.69. The van der Waals surface area contributed by atoms with Crippen molar-refractivity contribution in [2.75, 3.05) is 49.1 Å². The lowest BCUT2D eigenvalue weighted by atomic mass is 10.2. The fourth-order valence-electron chi connectivity index (χ4n) is 3.30. The van der Waals surface area contributed by atoms with E-state index in [0.29, 0.717) is 18.8 Å². The number of piperazine rings is 1. The second-order valence-corrected chi connectivity index (χ2v) is 6.33. The van der Waals surface area contributed by atoms with Crippen molar-refractivity contribution in [2.24, 2.45) is 0 Å². The van der Waals surface area contributed by atoms with Crippen LogP contribution < -0.4 is 9.80 Å². The lowest BCUT2D eigenvalue weighted by Gasteiger charge is -2.36. The maximum atomic E-state index is 13.1. The van der Waals surface area contributed by atoms with E-state index in [1.807, 2.05) is 17.0 Å². The standard InChI is InChI=1S/C20H25FN4O/c1-3-23(4-2)18-9-10-22-19(15-18)20(26)25-13-11-24(12-14-25)17-7-5-16(21)6-8-17/h5-10,15H,3-4,11-14H2,1-2H3. The molecule has 1 fully saturated rings. The minimum Gasteiger partial charge on any atom is -0.372 e. The van der Waals surface area contributed by atoms with Gasteiger partial charge in [0.15, 0.2) is 0 Å². The molecule has 0 spiro atoms. The maximum Gasteiger partial charge on any atom is 0.272 e. The summed E-state index contributed by atoms with van der Waals surface area (Å²) in [5, 5.41) is 0. The van der Waals surface area contributed by atoms with Crippen LogP contribution in [0.25, 0.3) is 0 Å². The third kappa shape index (κ3) is 3.95. The molecule has 1 saturated heterocycles. The van der Waals surface area contributed by atoms with Crippen molar-refractivity contribution in [3.8, 4) is 0 Å². The molecule has 1 aromatic heterocycles. The van der Waals surface area contributed by atoms with Gasteiger partial charge in [0.25, 0.3) is 5.91 Å². The first kappa shape index (κ1) is 18.2. The molecule has 0 aliphatic carbocycles. The van der Waals surface area contributed by atoms with Gasteiger partial charge in [0.05, 0.1) is 0 Å². The molecule has 0 unspecified atom stereocenters. The minimum atomic E-state index is -0.235. The number of nitrogens with zero attached hydrogens (tertiary/aromatic N) is 4. The highest BCUT2D eigenvalue weighted by atomic mass is 19.1. The van der Waals surface area contributed by atoms with Crippen molar-refractivity contribution in [3.63, 3.8) is 0 Å². The molecule has 2 heterocycles. The number of carbonyl (C=O) groups is 1. The van der Waals surface area contributed by atoms with Crippen molar-refractivity contribution in [3.05, 3.63) is 54.1 Å². The van der Waals surface area contributed by atoms with Crippen molar-refractivity contribution in [1.82, 2.24) is 9.88 Å². The highest BCUT2D eigenvalue weighted by Crippen LogP contribution is 2.19. The first-order valence-corrected chi connectivity index (χ1v) is 9.13. The van der Waals surface area contributed by atoms with Gasteiger partial charge in [0, 0.05) is 56.8 Å². The van der Waals surface area contributed by atoms with Crippen LogP contribution in [0.2, 0.25) is 0 Å². The van der Waals surface area contributed by atoms with E-state index in [9.17, 15) is 9.18 Å². The van der Waals surface area contributed by atoms with E-state index in [4.69, 9.17) is 0 Å². The van der Waals surface area contributed by atoms with Gasteiger partial charge in [0.1, 0.15) is 11.5 Å². The van der Waals surface area contributed by atoms with E-state index in [1.54, 1.807) is 18.3 Å². The molecule has 0 saturated carbocycles. The van der Waals surface area contributed by atoms with Gasteiger partial charge >= 0.3 is 0 Å². The molecule has 0 atom stereocenters. The van der Waals surface area contributed by atoms with E-state index in [2.05, 4.69) is 28.6 Å². The summed E-state index contributed by atoms with van der Waals surface area (Å²) in [6.07, 6.45) is 1.70. The summed E-state index contributed by atoms with van der Waals surface area (Å²) < 4.78 is 13.1. The lowest BCUT2D eigenvalue weighted by molar-refractivity contribution is 0.0741. The normalized spacial score (nSPS) is 14.4. The smallest absolute Gasteiger partial charge is 0.272 e. The van der Waals surface area contributed by atoms with E-state index >= 15 is 0 Å². The van der Waals surface area contributed by atoms with E-state index in [0.717, 1.165) is 37.6 Å². The van der Waals surface area contributed by atoms with E-state index in [1.165, 1.54) is 12.1 Å². The van der Waals surface area contributed by atoms with Crippen molar-refractivity contribution in [2.45, 2.75) is 13.8 Å². The summed E-state index contributed by atoms with van der Waals surface area (Å²) in [5.74, 6) is -0.264. The number of pyridine rings is 1. The zero-order valence-electron chi connectivity index (χ0n) is 15.4. The first-order chi connectivity index (χ1) is 12.6. The Morgan fingerprint density at radius 2 is 1.73 bits per heavy atom. The summed E-state index contributed by atoms with van der Waals surface area (Å²) >= 11 is 0. The van der Waals surface area contributed by atoms with Gasteiger partial charge in [-0.3, -0.25) is 9.78 Å². The molecule has 138 valence electrons. The van der Waals surface area contributed by atoms with Crippen LogP contribution in [0, 0.1) is 5.82 Å². The van der Waals surface area contributed by atoms with Crippen LogP contribution in [0.4, 0.5) is 15.8 Å². The molecule has 1 aliphatic heterocycles. The number of carbonyl (C=O) groups excluding carboxylic acids is 1. The third-order valence-corrected chi connectivity index (χ3v) is 4.85. The Morgan fingerprint density at radius 3 is 2.35 bits per heavy atom. The number of halogens is 1. The Labute approximate surface area is 154 Å². The van der Waals surface area contributed by atoms with Gasteiger partial charge in [0.2, 0.25) is 0 Å². The predicted octanol–water partition coefficient (Wildman–Crippen LogP) is 3.03. The Morgan fingerprint density at radius 1 is 1.08 bits per heavy atom. The topological polar surface area (TPSA) is 39.7 Å². The second-order valence-electron chi connectivity index (χ2n) is 6.33. The quantitative estimate of drug-likeness (QED) is 0.826. The molecular weight excluding hydrogens is 331 g/mol. The number of hydrogen-bond acceptors (Lipinski definition) is 4. The number of amides is 1. The molecule has 2 aromatic rings. The maximum absolute atomic E-state index is 13.1. The summed E-state index contributed by atoms with van der Waals surface area (Å²) in [4.78, 5) is 23.3.